The fourth-order valence-corrected chi connectivity index (χ4v) is 3.74. The van der Waals surface area contributed by atoms with Crippen molar-refractivity contribution in [3.05, 3.63) is 0 Å². The van der Waals surface area contributed by atoms with Crippen molar-refractivity contribution in [1.29, 1.82) is 0 Å². The summed E-state index contributed by atoms with van der Waals surface area (Å²) >= 11 is 0. The molecule has 0 aliphatic carbocycles. The number of methoxy groups -OCH3 is 1. The molecule has 0 aromatic rings. The summed E-state index contributed by atoms with van der Waals surface area (Å²) in [5, 5.41) is 2.80. The van der Waals surface area contributed by atoms with E-state index in [2.05, 4.69) is 35.9 Å². The Hall–Kier alpha value is -1.98. The molecule has 0 rings (SSSR count). The first kappa shape index (κ1) is 32.0. The maximum absolute atomic E-state index is 12.1. The Bertz CT molecular complexity index is 625. The van der Waals surface area contributed by atoms with Gasteiger partial charge in [-0.25, -0.2) is 4.79 Å². The van der Waals surface area contributed by atoms with Gasteiger partial charge < -0.3 is 15.8 Å². The van der Waals surface area contributed by atoms with Crippen LogP contribution in [0.2, 0.25) is 0 Å². The highest BCUT2D eigenvalue weighted by molar-refractivity contribution is 5.84. The highest BCUT2D eigenvalue weighted by Crippen LogP contribution is 2.10. The Morgan fingerprint density at radius 1 is 0.765 bits per heavy atom. The molecule has 0 aromatic heterocycles. The maximum atomic E-state index is 12.1. The van der Waals surface area contributed by atoms with Crippen LogP contribution in [0.5, 0.6) is 0 Å². The number of hydrogen-bond donors (Lipinski definition) is 2. The van der Waals surface area contributed by atoms with Gasteiger partial charge in [0.25, 0.3) is 0 Å². The van der Waals surface area contributed by atoms with Crippen molar-refractivity contribution in [3.63, 3.8) is 0 Å². The summed E-state index contributed by atoms with van der Waals surface area (Å²) in [6, 6.07) is -0.560. The molecule has 34 heavy (non-hydrogen) atoms. The first-order valence-electron chi connectivity index (χ1n) is 13.7. The van der Waals surface area contributed by atoms with E-state index in [0.29, 0.717) is 19.4 Å². The smallest absolute Gasteiger partial charge is 0.328 e. The van der Waals surface area contributed by atoms with Crippen LogP contribution in [-0.4, -0.2) is 31.6 Å². The number of hydrogen-bond acceptors (Lipinski definition) is 4. The van der Waals surface area contributed by atoms with E-state index in [1.807, 2.05) is 0 Å². The molecule has 0 fully saturated rings. The minimum atomic E-state index is -0.560. The van der Waals surface area contributed by atoms with E-state index < -0.39 is 6.04 Å². The van der Waals surface area contributed by atoms with Gasteiger partial charge in [0.05, 0.1) is 7.11 Å². The highest BCUT2D eigenvalue weighted by Gasteiger charge is 2.20. The molecular formula is C29H50N2O3. The number of unbranched alkanes of at least 4 members (excludes halogenated alkanes) is 14. The van der Waals surface area contributed by atoms with Crippen molar-refractivity contribution >= 4 is 11.9 Å². The molecule has 194 valence electrons. The second-order valence-electron chi connectivity index (χ2n) is 9.02. The van der Waals surface area contributed by atoms with E-state index >= 15 is 0 Å². The molecule has 1 unspecified atom stereocenters. The third kappa shape index (κ3) is 21.8. The Balaban J connectivity index is 3.63. The fourth-order valence-electron chi connectivity index (χ4n) is 3.74. The van der Waals surface area contributed by atoms with Crippen molar-refractivity contribution in [2.24, 2.45) is 5.73 Å². The Morgan fingerprint density at radius 2 is 1.29 bits per heavy atom. The second kappa shape index (κ2) is 25.6. The highest BCUT2D eigenvalue weighted by atomic mass is 16.5. The molecule has 0 aromatic carbocycles. The average molecular weight is 475 g/mol. The lowest BCUT2D eigenvalue weighted by Crippen LogP contribution is -2.41. The van der Waals surface area contributed by atoms with Gasteiger partial charge in [-0.05, 0) is 56.9 Å². The molecule has 0 saturated carbocycles. The number of nitrogens with two attached hydrogens (primary N) is 1. The van der Waals surface area contributed by atoms with E-state index in [1.54, 1.807) is 0 Å². The van der Waals surface area contributed by atoms with Crippen molar-refractivity contribution < 1.29 is 14.3 Å². The van der Waals surface area contributed by atoms with Gasteiger partial charge in [-0.2, -0.15) is 0 Å². The molecule has 0 aliphatic rings. The maximum Gasteiger partial charge on any atom is 0.328 e. The topological polar surface area (TPSA) is 81.4 Å². The summed E-state index contributed by atoms with van der Waals surface area (Å²) in [5.74, 6) is 11.8. The molecule has 0 spiro atoms. The standard InChI is InChI=1S/C29H50N2O3/c1-3-4-5-6-7-8-9-10-11-12-13-14-15-16-17-18-19-20-21-25-28(32)31-27(29(33)34-2)24-22-23-26-30/h27H,3-10,15-26,30H2,1-2H3,(H,31,32). The van der Waals surface area contributed by atoms with Crippen molar-refractivity contribution in [2.45, 2.75) is 135 Å². The first-order chi connectivity index (χ1) is 16.7. The molecular weight excluding hydrogens is 424 g/mol. The van der Waals surface area contributed by atoms with Crippen molar-refractivity contribution in [1.82, 2.24) is 5.32 Å². The van der Waals surface area contributed by atoms with Gasteiger partial charge in [-0.3, -0.25) is 4.79 Å². The third-order valence-corrected chi connectivity index (χ3v) is 5.87. The largest absolute Gasteiger partial charge is 0.467 e. The summed E-state index contributed by atoms with van der Waals surface area (Å²) in [6.45, 7) is 2.84. The lowest BCUT2D eigenvalue weighted by Gasteiger charge is -2.16. The molecule has 0 aliphatic heterocycles. The number of amides is 1. The van der Waals surface area contributed by atoms with Crippen LogP contribution in [0.3, 0.4) is 0 Å². The number of carbonyl (C=O) groups is 2. The Morgan fingerprint density at radius 3 is 1.82 bits per heavy atom. The van der Waals surface area contributed by atoms with Gasteiger partial charge in [0, 0.05) is 19.3 Å². The van der Waals surface area contributed by atoms with Crippen LogP contribution >= 0.6 is 0 Å². The van der Waals surface area contributed by atoms with E-state index in [-0.39, 0.29) is 11.9 Å². The SMILES string of the molecule is CCCCCCCCCC#CC#CCCCCCCCCC(=O)NC(CCCCN)C(=O)OC. The summed E-state index contributed by atoms with van der Waals surface area (Å²) < 4.78 is 4.79. The molecule has 1 amide bonds. The first-order valence-corrected chi connectivity index (χ1v) is 13.7. The molecule has 5 nitrogen and oxygen atoms in total. The Labute approximate surface area is 209 Å². The number of rotatable bonds is 21. The summed E-state index contributed by atoms with van der Waals surface area (Å²) in [4.78, 5) is 23.9. The molecule has 0 radical (unpaired) electrons. The number of carbonyl (C=O) groups excluding carboxylic acids is 2. The lowest BCUT2D eigenvalue weighted by molar-refractivity contribution is -0.145. The van der Waals surface area contributed by atoms with Gasteiger partial charge in [0.1, 0.15) is 6.04 Å². The molecule has 3 N–H and O–H groups in total. The zero-order chi connectivity index (χ0) is 25.1. The molecule has 5 heteroatoms. The molecule has 0 saturated heterocycles. The van der Waals surface area contributed by atoms with E-state index in [4.69, 9.17) is 10.5 Å². The van der Waals surface area contributed by atoms with Crippen LogP contribution in [0.4, 0.5) is 0 Å². The lowest BCUT2D eigenvalue weighted by atomic mass is 10.1. The predicted octanol–water partition coefficient (Wildman–Crippen LogP) is 6.04. The van der Waals surface area contributed by atoms with Gasteiger partial charge >= 0.3 is 5.97 Å². The summed E-state index contributed by atoms with van der Waals surface area (Å²) in [5.41, 5.74) is 5.49. The minimum absolute atomic E-state index is 0.0773. The average Bonchev–Trinajstić information content (AvgIpc) is 2.84. The normalized spacial score (nSPS) is 11.0. The fraction of sp³-hybridized carbons (Fsp3) is 0.793. The van der Waals surface area contributed by atoms with Crippen LogP contribution < -0.4 is 11.1 Å². The van der Waals surface area contributed by atoms with Crippen LogP contribution in [0.1, 0.15) is 129 Å². The van der Waals surface area contributed by atoms with E-state index in [0.717, 1.165) is 64.2 Å². The predicted molar refractivity (Wildman–Crippen MR) is 142 cm³/mol. The van der Waals surface area contributed by atoms with Crippen LogP contribution in [0.15, 0.2) is 0 Å². The van der Waals surface area contributed by atoms with Gasteiger partial charge in [0.2, 0.25) is 5.91 Å². The number of nitrogens with one attached hydrogen (secondary N) is 1. The Kier molecular flexibility index (Phi) is 24.1. The second-order valence-corrected chi connectivity index (χ2v) is 9.02. The van der Waals surface area contributed by atoms with Gasteiger partial charge in [0.15, 0.2) is 0 Å². The van der Waals surface area contributed by atoms with E-state index in [1.165, 1.54) is 52.1 Å². The van der Waals surface area contributed by atoms with Crippen LogP contribution in [0.25, 0.3) is 0 Å². The number of ether oxygens (including phenoxy) is 1. The van der Waals surface area contributed by atoms with Gasteiger partial charge in [-0.15, -0.1) is 0 Å². The van der Waals surface area contributed by atoms with Crippen molar-refractivity contribution in [3.8, 4) is 23.7 Å². The zero-order valence-electron chi connectivity index (χ0n) is 22.0. The zero-order valence-corrected chi connectivity index (χ0v) is 22.0. The summed E-state index contributed by atoms with van der Waals surface area (Å²) in [6.07, 6.45) is 20.2. The minimum Gasteiger partial charge on any atom is -0.467 e. The molecule has 1 atom stereocenters. The quantitative estimate of drug-likeness (QED) is 0.121. The van der Waals surface area contributed by atoms with Gasteiger partial charge in [-0.1, -0.05) is 83.0 Å². The molecule has 0 bridgehead atoms. The van der Waals surface area contributed by atoms with Crippen molar-refractivity contribution in [2.75, 3.05) is 13.7 Å². The van der Waals surface area contributed by atoms with E-state index in [9.17, 15) is 9.59 Å². The number of esters is 1. The monoisotopic (exact) mass is 474 g/mol. The third-order valence-electron chi connectivity index (χ3n) is 5.87. The summed E-state index contributed by atoms with van der Waals surface area (Å²) in [7, 11) is 1.35. The van der Waals surface area contributed by atoms with Crippen LogP contribution in [-0.2, 0) is 14.3 Å². The van der Waals surface area contributed by atoms with Crippen LogP contribution in [0, 0.1) is 23.7 Å². The molecule has 0 heterocycles.